The number of hydrogen-bond acceptors (Lipinski definition) is 4. The molecule has 5 nitrogen and oxygen atoms in total. The van der Waals surface area contributed by atoms with Crippen LogP contribution in [0.25, 0.3) is 0 Å². The van der Waals surface area contributed by atoms with Gasteiger partial charge in [0.2, 0.25) is 0 Å². The van der Waals surface area contributed by atoms with Crippen LogP contribution in [0.5, 0.6) is 0 Å². The quantitative estimate of drug-likeness (QED) is 0.446. The van der Waals surface area contributed by atoms with Gasteiger partial charge in [0.1, 0.15) is 10.8 Å². The zero-order valence-corrected chi connectivity index (χ0v) is 9.32. The van der Waals surface area contributed by atoms with Gasteiger partial charge in [-0.1, -0.05) is 18.7 Å². The summed E-state index contributed by atoms with van der Waals surface area (Å²) in [6.07, 6.45) is 3.48. The average molecular weight is 242 g/mol. The van der Waals surface area contributed by atoms with Crippen LogP contribution in [-0.2, 0) is 19.7 Å². The van der Waals surface area contributed by atoms with Crippen molar-refractivity contribution in [2.75, 3.05) is 0 Å². The average Bonchev–Trinajstić information content (AvgIpc) is 2.15. The van der Waals surface area contributed by atoms with Crippen molar-refractivity contribution in [2.45, 2.75) is 6.92 Å². The van der Waals surface area contributed by atoms with Gasteiger partial charge in [-0.25, -0.2) is 0 Å². The number of carbonyl (C=O) groups excluding carboxylic acids is 2. The molecular formula is C10H10O5S. The largest absolute Gasteiger partial charge is 0.298 e. The van der Waals surface area contributed by atoms with Gasteiger partial charge >= 0.3 is 0 Å². The molecule has 6 heteroatoms. The van der Waals surface area contributed by atoms with Gasteiger partial charge in [-0.3, -0.25) is 14.1 Å². The minimum absolute atomic E-state index is 0.152. The van der Waals surface area contributed by atoms with Crippen LogP contribution in [0.3, 0.4) is 0 Å². The molecule has 1 aliphatic carbocycles. The second-order valence-electron chi connectivity index (χ2n) is 3.38. The molecule has 0 fully saturated rings. The third-order valence-corrected chi connectivity index (χ3v) is 2.95. The predicted molar refractivity (Wildman–Crippen MR) is 57.1 cm³/mol. The molecular weight excluding hydrogens is 232 g/mol. The Morgan fingerprint density at radius 1 is 1.50 bits per heavy atom. The van der Waals surface area contributed by atoms with E-state index in [4.69, 9.17) is 4.55 Å². The summed E-state index contributed by atoms with van der Waals surface area (Å²) in [6.45, 7) is 4.81. The van der Waals surface area contributed by atoms with E-state index >= 15 is 0 Å². The van der Waals surface area contributed by atoms with Crippen molar-refractivity contribution in [3.8, 4) is 0 Å². The smallest absolute Gasteiger partial charge is 0.293 e. The van der Waals surface area contributed by atoms with Crippen molar-refractivity contribution in [3.63, 3.8) is 0 Å². The highest BCUT2D eigenvalue weighted by Crippen LogP contribution is 2.21. The van der Waals surface area contributed by atoms with Gasteiger partial charge < -0.3 is 0 Å². The van der Waals surface area contributed by atoms with E-state index in [-0.39, 0.29) is 5.57 Å². The molecule has 0 radical (unpaired) electrons. The lowest BCUT2D eigenvalue weighted by Gasteiger charge is -2.14. The number of hydrogen-bond donors (Lipinski definition) is 1. The molecule has 0 aromatic rings. The van der Waals surface area contributed by atoms with Gasteiger partial charge in [-0.05, 0) is 18.6 Å². The van der Waals surface area contributed by atoms with Crippen molar-refractivity contribution >= 4 is 21.7 Å². The Hall–Kier alpha value is -1.53. The Morgan fingerprint density at radius 2 is 2.06 bits per heavy atom. The third kappa shape index (κ3) is 2.34. The highest BCUT2D eigenvalue weighted by atomic mass is 32.2. The predicted octanol–water partition coefficient (Wildman–Crippen LogP) is 0.658. The number of ketones is 2. The fourth-order valence-corrected chi connectivity index (χ4v) is 1.89. The number of rotatable bonds is 3. The highest BCUT2D eigenvalue weighted by Gasteiger charge is 2.34. The second kappa shape index (κ2) is 4.15. The SMILES string of the molecule is C=C(C)C(=O)C1C=CC=C(S(=O)(=O)O)C1=O. The second-order valence-corrected chi connectivity index (χ2v) is 4.77. The summed E-state index contributed by atoms with van der Waals surface area (Å²) in [5, 5.41) is 0. The molecule has 0 saturated carbocycles. The summed E-state index contributed by atoms with van der Waals surface area (Å²) in [7, 11) is -4.59. The Kier molecular flexibility index (Phi) is 3.25. The molecule has 1 rings (SSSR count). The molecule has 1 atom stereocenters. The van der Waals surface area contributed by atoms with E-state index in [1.165, 1.54) is 19.1 Å². The molecule has 1 N–H and O–H groups in total. The topological polar surface area (TPSA) is 88.5 Å². The minimum atomic E-state index is -4.59. The van der Waals surface area contributed by atoms with Crippen molar-refractivity contribution < 1.29 is 22.6 Å². The molecule has 1 aliphatic rings. The molecule has 0 aromatic heterocycles. The zero-order valence-electron chi connectivity index (χ0n) is 8.50. The summed E-state index contributed by atoms with van der Waals surface area (Å²) < 4.78 is 30.4. The van der Waals surface area contributed by atoms with Gasteiger partial charge in [0.25, 0.3) is 10.1 Å². The maximum atomic E-state index is 11.6. The van der Waals surface area contributed by atoms with Crippen molar-refractivity contribution in [2.24, 2.45) is 5.92 Å². The molecule has 0 aromatic carbocycles. The number of carbonyl (C=O) groups is 2. The van der Waals surface area contributed by atoms with Crippen LogP contribution < -0.4 is 0 Å². The van der Waals surface area contributed by atoms with Crippen molar-refractivity contribution in [1.29, 1.82) is 0 Å². The van der Waals surface area contributed by atoms with Crippen LogP contribution in [0.15, 0.2) is 35.3 Å². The zero-order chi connectivity index (χ0) is 12.5. The molecule has 0 saturated heterocycles. The molecule has 0 heterocycles. The molecule has 0 amide bonds. The van der Waals surface area contributed by atoms with Crippen LogP contribution in [-0.4, -0.2) is 24.5 Å². The highest BCUT2D eigenvalue weighted by molar-refractivity contribution is 7.90. The van der Waals surface area contributed by atoms with Gasteiger partial charge in [-0.15, -0.1) is 0 Å². The molecule has 86 valence electrons. The Labute approximate surface area is 92.9 Å². The fourth-order valence-electron chi connectivity index (χ4n) is 1.26. The van der Waals surface area contributed by atoms with Crippen LogP contribution >= 0.6 is 0 Å². The number of Topliss-reactive ketones (excluding diaryl/α,β-unsaturated/α-hetero) is 2. The lowest BCUT2D eigenvalue weighted by molar-refractivity contribution is -0.126. The molecule has 16 heavy (non-hydrogen) atoms. The van der Waals surface area contributed by atoms with E-state index in [0.717, 1.165) is 6.08 Å². The fraction of sp³-hybridized carbons (Fsp3) is 0.200. The van der Waals surface area contributed by atoms with E-state index in [1.54, 1.807) is 0 Å². The summed E-state index contributed by atoms with van der Waals surface area (Å²) in [5.74, 6) is -2.70. The van der Waals surface area contributed by atoms with Crippen LogP contribution in [0.2, 0.25) is 0 Å². The van der Waals surface area contributed by atoms with Crippen LogP contribution in [0.4, 0.5) is 0 Å². The third-order valence-electron chi connectivity index (χ3n) is 2.06. The maximum absolute atomic E-state index is 11.6. The molecule has 0 aliphatic heterocycles. The summed E-state index contributed by atoms with van der Waals surface area (Å²) >= 11 is 0. The minimum Gasteiger partial charge on any atom is -0.293 e. The van der Waals surface area contributed by atoms with Crippen LogP contribution in [0, 0.1) is 5.92 Å². The van der Waals surface area contributed by atoms with E-state index in [0.29, 0.717) is 0 Å². The van der Waals surface area contributed by atoms with Crippen LogP contribution in [0.1, 0.15) is 6.92 Å². The monoisotopic (exact) mass is 242 g/mol. The first-order valence-electron chi connectivity index (χ1n) is 4.35. The Balaban J connectivity index is 3.14. The van der Waals surface area contributed by atoms with Gasteiger partial charge in [-0.2, -0.15) is 8.42 Å². The Morgan fingerprint density at radius 3 is 2.50 bits per heavy atom. The standard InChI is InChI=1S/C10H10O5S/c1-6(2)9(11)7-4-3-5-8(10(7)12)16(13,14)15/h3-5,7H,1H2,2H3,(H,13,14,15). The molecule has 1 unspecified atom stereocenters. The van der Waals surface area contributed by atoms with Crippen molar-refractivity contribution in [1.82, 2.24) is 0 Å². The normalized spacial score (nSPS) is 20.5. The Bertz CT molecular complexity index is 521. The lowest BCUT2D eigenvalue weighted by atomic mass is 9.91. The van der Waals surface area contributed by atoms with E-state index in [1.807, 2.05) is 0 Å². The first-order valence-corrected chi connectivity index (χ1v) is 5.79. The maximum Gasteiger partial charge on any atom is 0.298 e. The summed E-state index contributed by atoms with van der Waals surface area (Å²) in [6, 6.07) is 0. The van der Waals surface area contributed by atoms with Crippen molar-refractivity contribution in [3.05, 3.63) is 35.3 Å². The van der Waals surface area contributed by atoms with Gasteiger partial charge in [0.05, 0.1) is 0 Å². The van der Waals surface area contributed by atoms with Gasteiger partial charge in [0, 0.05) is 0 Å². The van der Waals surface area contributed by atoms with E-state index in [9.17, 15) is 18.0 Å². The lowest BCUT2D eigenvalue weighted by Crippen LogP contribution is -2.28. The molecule has 0 bridgehead atoms. The van der Waals surface area contributed by atoms with Gasteiger partial charge in [0.15, 0.2) is 11.6 Å². The van der Waals surface area contributed by atoms with E-state index < -0.39 is 32.5 Å². The summed E-state index contributed by atoms with van der Waals surface area (Å²) in [4.78, 5) is 22.3. The summed E-state index contributed by atoms with van der Waals surface area (Å²) in [5.41, 5.74) is 0.152. The van der Waals surface area contributed by atoms with E-state index in [2.05, 4.69) is 6.58 Å². The first-order chi connectivity index (χ1) is 7.25. The number of allylic oxidation sites excluding steroid dienone is 5. The molecule has 0 spiro atoms. The first kappa shape index (κ1) is 12.5.